The first-order valence-electron chi connectivity index (χ1n) is 5.99. The van der Waals surface area contributed by atoms with Crippen molar-refractivity contribution in [1.29, 1.82) is 0 Å². The van der Waals surface area contributed by atoms with Crippen LogP contribution in [0.15, 0.2) is 23.3 Å². The van der Waals surface area contributed by atoms with Crippen molar-refractivity contribution in [2.45, 2.75) is 19.8 Å². The van der Waals surface area contributed by atoms with E-state index in [9.17, 15) is 9.59 Å². The van der Waals surface area contributed by atoms with Gasteiger partial charge in [0.25, 0.3) is 11.5 Å². The van der Waals surface area contributed by atoms with Gasteiger partial charge in [0.05, 0.1) is 0 Å². The number of nitrogens with zero attached hydrogens (tertiary/aromatic N) is 2. The lowest BCUT2D eigenvalue weighted by Crippen LogP contribution is -2.30. The first kappa shape index (κ1) is 13.0. The van der Waals surface area contributed by atoms with Crippen LogP contribution in [0, 0.1) is 6.92 Å². The molecule has 0 saturated carbocycles. The molecule has 0 unspecified atom stereocenters. The lowest BCUT2D eigenvalue weighted by molar-refractivity contribution is 0.0951. The minimum atomic E-state index is -0.368. The summed E-state index contributed by atoms with van der Waals surface area (Å²) in [4.78, 5) is 29.9. The molecule has 19 heavy (non-hydrogen) atoms. The Balaban J connectivity index is 1.82. The zero-order valence-electron chi connectivity index (χ0n) is 10.6. The van der Waals surface area contributed by atoms with Gasteiger partial charge in [-0.05, 0) is 25.5 Å². The number of nitrogens with one attached hydrogen (secondary N) is 3. The predicted octanol–water partition coefficient (Wildman–Crippen LogP) is 0.164. The molecular formula is C12H15N5O2. The number of carbonyl (C=O) groups is 1. The molecule has 0 atom stereocenters. The number of aryl methyl sites for hydroxylation is 2. The Morgan fingerprint density at radius 2 is 2.26 bits per heavy atom. The minimum Gasteiger partial charge on any atom is -0.352 e. The molecule has 2 heterocycles. The first-order chi connectivity index (χ1) is 9.16. The smallest absolute Gasteiger partial charge is 0.260 e. The molecule has 0 aliphatic rings. The Hall–Kier alpha value is -2.44. The molecule has 0 aliphatic heterocycles. The standard InChI is InChI=1S/C12H15N5O2/c1-8-4-5-9(12(19)16-8)11(18)13-6-2-3-10-14-7-15-17-10/h4-5,7H,2-3,6H2,1H3,(H,13,18)(H,16,19)(H,14,15,17). The van der Waals surface area contributed by atoms with E-state index in [4.69, 9.17) is 0 Å². The second-order valence-electron chi connectivity index (χ2n) is 4.18. The molecule has 7 heteroatoms. The van der Waals surface area contributed by atoms with Gasteiger partial charge in [0.2, 0.25) is 0 Å². The number of amides is 1. The molecule has 2 aromatic heterocycles. The van der Waals surface area contributed by atoms with Gasteiger partial charge in [0.1, 0.15) is 17.7 Å². The van der Waals surface area contributed by atoms with E-state index in [-0.39, 0.29) is 17.0 Å². The summed E-state index contributed by atoms with van der Waals surface area (Å²) in [6.07, 6.45) is 2.87. The fourth-order valence-corrected chi connectivity index (χ4v) is 1.66. The van der Waals surface area contributed by atoms with E-state index < -0.39 is 0 Å². The predicted molar refractivity (Wildman–Crippen MR) is 68.8 cm³/mol. The van der Waals surface area contributed by atoms with Crippen LogP contribution in [0.2, 0.25) is 0 Å². The van der Waals surface area contributed by atoms with Crippen LogP contribution in [-0.4, -0.2) is 32.6 Å². The summed E-state index contributed by atoms with van der Waals surface area (Å²) in [7, 11) is 0. The second kappa shape index (κ2) is 5.94. The molecule has 0 fully saturated rings. The fraction of sp³-hybridized carbons (Fsp3) is 0.333. The highest BCUT2D eigenvalue weighted by Gasteiger charge is 2.09. The number of hydrogen-bond acceptors (Lipinski definition) is 4. The highest BCUT2D eigenvalue weighted by atomic mass is 16.2. The number of aromatic amines is 2. The van der Waals surface area contributed by atoms with Crippen LogP contribution in [-0.2, 0) is 6.42 Å². The van der Waals surface area contributed by atoms with Crippen molar-refractivity contribution in [1.82, 2.24) is 25.5 Å². The summed E-state index contributed by atoms with van der Waals surface area (Å²) in [5, 5.41) is 9.18. The average Bonchev–Trinajstić information content (AvgIpc) is 2.87. The van der Waals surface area contributed by atoms with Crippen molar-refractivity contribution in [3.63, 3.8) is 0 Å². The maximum atomic E-state index is 11.8. The molecule has 100 valence electrons. The van der Waals surface area contributed by atoms with Gasteiger partial charge in [0, 0.05) is 18.7 Å². The second-order valence-corrected chi connectivity index (χ2v) is 4.18. The quantitative estimate of drug-likeness (QED) is 0.667. The fourth-order valence-electron chi connectivity index (χ4n) is 1.66. The Kier molecular flexibility index (Phi) is 4.07. The minimum absolute atomic E-state index is 0.130. The molecule has 7 nitrogen and oxygen atoms in total. The largest absolute Gasteiger partial charge is 0.352 e. The molecule has 1 amide bonds. The summed E-state index contributed by atoms with van der Waals surface area (Å²) in [6.45, 7) is 2.24. The van der Waals surface area contributed by atoms with Crippen LogP contribution in [0.3, 0.4) is 0 Å². The van der Waals surface area contributed by atoms with Crippen LogP contribution in [0.25, 0.3) is 0 Å². The Morgan fingerprint density at radius 1 is 1.42 bits per heavy atom. The molecule has 2 rings (SSSR count). The van der Waals surface area contributed by atoms with E-state index in [0.717, 1.165) is 17.9 Å². The van der Waals surface area contributed by atoms with Crippen molar-refractivity contribution in [3.8, 4) is 0 Å². The van der Waals surface area contributed by atoms with Gasteiger partial charge in [-0.2, -0.15) is 5.10 Å². The number of rotatable bonds is 5. The van der Waals surface area contributed by atoms with E-state index in [1.807, 2.05) is 0 Å². The highest BCUT2D eigenvalue weighted by molar-refractivity contribution is 5.93. The topological polar surface area (TPSA) is 104 Å². The molecule has 0 aliphatic carbocycles. The van der Waals surface area contributed by atoms with Gasteiger partial charge < -0.3 is 10.3 Å². The van der Waals surface area contributed by atoms with Crippen LogP contribution < -0.4 is 10.9 Å². The van der Waals surface area contributed by atoms with E-state index in [1.165, 1.54) is 12.4 Å². The van der Waals surface area contributed by atoms with Crippen LogP contribution in [0.1, 0.15) is 28.3 Å². The molecule has 2 aromatic rings. The van der Waals surface area contributed by atoms with Gasteiger partial charge >= 0.3 is 0 Å². The molecule has 0 bridgehead atoms. The summed E-state index contributed by atoms with van der Waals surface area (Å²) in [5.74, 6) is 0.418. The highest BCUT2D eigenvalue weighted by Crippen LogP contribution is 1.95. The van der Waals surface area contributed by atoms with Crippen LogP contribution >= 0.6 is 0 Å². The van der Waals surface area contributed by atoms with Crippen molar-refractivity contribution in [2.75, 3.05) is 6.54 Å². The first-order valence-corrected chi connectivity index (χ1v) is 5.99. The monoisotopic (exact) mass is 261 g/mol. The maximum absolute atomic E-state index is 11.8. The normalized spacial score (nSPS) is 10.4. The van der Waals surface area contributed by atoms with E-state index in [2.05, 4.69) is 25.5 Å². The third-order valence-corrected chi connectivity index (χ3v) is 2.64. The lowest BCUT2D eigenvalue weighted by atomic mass is 10.2. The molecule has 0 radical (unpaired) electrons. The molecular weight excluding hydrogens is 246 g/mol. The van der Waals surface area contributed by atoms with E-state index in [0.29, 0.717) is 13.0 Å². The number of H-pyrrole nitrogens is 2. The Labute approximate surface area is 109 Å². The van der Waals surface area contributed by atoms with Gasteiger partial charge in [0.15, 0.2) is 0 Å². The van der Waals surface area contributed by atoms with Gasteiger partial charge in [-0.3, -0.25) is 14.7 Å². The van der Waals surface area contributed by atoms with Crippen LogP contribution in [0.4, 0.5) is 0 Å². The van der Waals surface area contributed by atoms with E-state index in [1.54, 1.807) is 13.0 Å². The molecule has 0 saturated heterocycles. The Morgan fingerprint density at radius 3 is 2.95 bits per heavy atom. The summed E-state index contributed by atoms with van der Waals surface area (Å²) in [6, 6.07) is 3.23. The van der Waals surface area contributed by atoms with Gasteiger partial charge in [-0.1, -0.05) is 0 Å². The SMILES string of the molecule is Cc1ccc(C(=O)NCCCc2ncn[nH]2)c(=O)[nH]1. The number of carbonyl (C=O) groups excluding carboxylic acids is 1. The van der Waals surface area contributed by atoms with E-state index >= 15 is 0 Å². The van der Waals surface area contributed by atoms with Crippen molar-refractivity contribution < 1.29 is 4.79 Å². The zero-order valence-corrected chi connectivity index (χ0v) is 10.6. The number of aromatic nitrogens is 4. The number of hydrogen-bond donors (Lipinski definition) is 3. The molecule has 0 aromatic carbocycles. The van der Waals surface area contributed by atoms with Crippen LogP contribution in [0.5, 0.6) is 0 Å². The van der Waals surface area contributed by atoms with Gasteiger partial charge in [-0.25, -0.2) is 4.98 Å². The summed E-state index contributed by atoms with van der Waals surface area (Å²) >= 11 is 0. The van der Waals surface area contributed by atoms with Gasteiger partial charge in [-0.15, -0.1) is 0 Å². The molecule has 3 N–H and O–H groups in total. The third kappa shape index (κ3) is 3.51. The summed E-state index contributed by atoms with van der Waals surface area (Å²) < 4.78 is 0. The number of pyridine rings is 1. The maximum Gasteiger partial charge on any atom is 0.260 e. The van der Waals surface area contributed by atoms with Crippen molar-refractivity contribution in [2.24, 2.45) is 0 Å². The van der Waals surface area contributed by atoms with Crippen molar-refractivity contribution in [3.05, 3.63) is 45.9 Å². The summed E-state index contributed by atoms with van der Waals surface area (Å²) in [5.41, 5.74) is 0.491. The molecule has 0 spiro atoms. The zero-order chi connectivity index (χ0) is 13.7. The lowest BCUT2D eigenvalue weighted by Gasteiger charge is -2.04. The van der Waals surface area contributed by atoms with Crippen molar-refractivity contribution >= 4 is 5.91 Å². The Bertz CT molecular complexity index is 603. The third-order valence-electron chi connectivity index (χ3n) is 2.64. The average molecular weight is 261 g/mol.